The smallest absolute Gasteiger partial charge is 0.143 e. The zero-order valence-corrected chi connectivity index (χ0v) is 7.61. The SMILES string of the molecule is [B]c1nc(Br)ccc1Br. The minimum absolute atomic E-state index is 0.504. The van der Waals surface area contributed by atoms with Crippen LogP contribution < -0.4 is 5.59 Å². The van der Waals surface area contributed by atoms with Crippen molar-refractivity contribution < 1.29 is 0 Å². The minimum Gasteiger partial charge on any atom is -0.256 e. The van der Waals surface area contributed by atoms with Crippen molar-refractivity contribution in [3.63, 3.8) is 0 Å². The highest BCUT2D eigenvalue weighted by Crippen LogP contribution is 2.08. The van der Waals surface area contributed by atoms with Crippen LogP contribution in [-0.4, -0.2) is 12.8 Å². The lowest BCUT2D eigenvalue weighted by molar-refractivity contribution is 1.32. The van der Waals surface area contributed by atoms with Crippen LogP contribution in [0.2, 0.25) is 0 Å². The number of pyridine rings is 1. The van der Waals surface area contributed by atoms with Gasteiger partial charge >= 0.3 is 0 Å². The highest BCUT2D eigenvalue weighted by molar-refractivity contribution is 9.11. The van der Waals surface area contributed by atoms with E-state index >= 15 is 0 Å². The molecule has 0 aliphatic carbocycles. The molecule has 0 unspecified atom stereocenters. The predicted molar refractivity (Wildman–Crippen MR) is 45.0 cm³/mol. The molecule has 44 valence electrons. The molecule has 0 aliphatic heterocycles. The molecule has 1 aromatic rings. The zero-order chi connectivity index (χ0) is 6.85. The summed E-state index contributed by atoms with van der Waals surface area (Å²) in [6.45, 7) is 0. The Kier molecular flexibility index (Phi) is 2.30. The van der Waals surface area contributed by atoms with Gasteiger partial charge in [-0.2, -0.15) is 0 Å². The summed E-state index contributed by atoms with van der Waals surface area (Å²) in [5.74, 6) is 0. The molecule has 0 saturated carbocycles. The first-order chi connectivity index (χ1) is 4.20. The summed E-state index contributed by atoms with van der Waals surface area (Å²) in [5.41, 5.74) is 0.504. The summed E-state index contributed by atoms with van der Waals surface area (Å²) in [7, 11) is 5.43. The van der Waals surface area contributed by atoms with Gasteiger partial charge in [-0.25, -0.2) is 0 Å². The molecular weight excluding hydrogens is 245 g/mol. The van der Waals surface area contributed by atoms with Crippen LogP contribution in [0.4, 0.5) is 0 Å². The molecule has 2 radical (unpaired) electrons. The fourth-order valence-electron chi connectivity index (χ4n) is 0.433. The van der Waals surface area contributed by atoms with Crippen molar-refractivity contribution in [2.24, 2.45) is 0 Å². The standard InChI is InChI=1S/C5H2BBr2N/c6-5-3(7)1-2-4(8)9-5/h1-2H. The molecule has 0 aliphatic rings. The van der Waals surface area contributed by atoms with E-state index in [1.54, 1.807) is 0 Å². The van der Waals surface area contributed by atoms with Crippen molar-refractivity contribution in [1.82, 2.24) is 4.98 Å². The Morgan fingerprint density at radius 1 is 1.33 bits per heavy atom. The second-order valence-electron chi connectivity index (χ2n) is 1.50. The number of hydrogen-bond donors (Lipinski definition) is 0. The molecular formula is C5H2BBr2N. The maximum atomic E-state index is 5.43. The van der Waals surface area contributed by atoms with E-state index in [4.69, 9.17) is 7.85 Å². The molecule has 0 amide bonds. The quantitative estimate of drug-likeness (QED) is 0.498. The Morgan fingerprint density at radius 2 is 2.00 bits per heavy atom. The van der Waals surface area contributed by atoms with E-state index < -0.39 is 0 Å². The molecule has 1 aromatic heterocycles. The van der Waals surface area contributed by atoms with Gasteiger partial charge in [-0.05, 0) is 44.0 Å². The van der Waals surface area contributed by atoms with Gasteiger partial charge in [0.1, 0.15) is 12.4 Å². The molecule has 9 heavy (non-hydrogen) atoms. The molecule has 1 heterocycles. The van der Waals surface area contributed by atoms with E-state index in [2.05, 4.69) is 36.8 Å². The Morgan fingerprint density at radius 3 is 2.44 bits per heavy atom. The highest BCUT2D eigenvalue weighted by atomic mass is 79.9. The first kappa shape index (κ1) is 7.28. The Hall–Kier alpha value is 0.175. The van der Waals surface area contributed by atoms with Gasteiger partial charge in [-0.3, -0.25) is 4.98 Å². The van der Waals surface area contributed by atoms with Crippen LogP contribution in [0.1, 0.15) is 0 Å². The fraction of sp³-hybridized carbons (Fsp3) is 0. The van der Waals surface area contributed by atoms with Crippen molar-refractivity contribution in [2.75, 3.05) is 0 Å². The molecule has 1 nitrogen and oxygen atoms in total. The Balaban J connectivity index is 3.17. The van der Waals surface area contributed by atoms with Crippen LogP contribution in [0.3, 0.4) is 0 Å². The first-order valence-corrected chi connectivity index (χ1v) is 3.86. The van der Waals surface area contributed by atoms with Crippen molar-refractivity contribution in [1.29, 1.82) is 0 Å². The first-order valence-electron chi connectivity index (χ1n) is 2.27. The topological polar surface area (TPSA) is 12.9 Å². The van der Waals surface area contributed by atoms with E-state index in [1.165, 1.54) is 0 Å². The number of aromatic nitrogens is 1. The van der Waals surface area contributed by atoms with Gasteiger partial charge in [0.05, 0.1) is 0 Å². The maximum absolute atomic E-state index is 5.43. The summed E-state index contributed by atoms with van der Waals surface area (Å²) in [4.78, 5) is 3.92. The van der Waals surface area contributed by atoms with Crippen LogP contribution in [0.15, 0.2) is 21.2 Å². The van der Waals surface area contributed by atoms with Gasteiger partial charge in [0.2, 0.25) is 0 Å². The average Bonchev–Trinajstić information content (AvgIpc) is 1.80. The van der Waals surface area contributed by atoms with Gasteiger partial charge in [-0.1, -0.05) is 0 Å². The minimum atomic E-state index is 0.504. The van der Waals surface area contributed by atoms with Crippen LogP contribution in [0.5, 0.6) is 0 Å². The largest absolute Gasteiger partial charge is 0.256 e. The van der Waals surface area contributed by atoms with Gasteiger partial charge < -0.3 is 0 Å². The lowest BCUT2D eigenvalue weighted by Crippen LogP contribution is -2.09. The van der Waals surface area contributed by atoms with Crippen LogP contribution in [-0.2, 0) is 0 Å². The molecule has 0 aromatic carbocycles. The molecule has 0 saturated heterocycles. The third kappa shape index (κ3) is 1.80. The van der Waals surface area contributed by atoms with Gasteiger partial charge in [-0.15, -0.1) is 0 Å². The summed E-state index contributed by atoms with van der Waals surface area (Å²) >= 11 is 6.41. The second kappa shape index (κ2) is 2.84. The molecule has 0 atom stereocenters. The molecule has 1 rings (SSSR count). The van der Waals surface area contributed by atoms with Crippen LogP contribution in [0.25, 0.3) is 0 Å². The molecule has 0 fully saturated rings. The number of nitrogens with zero attached hydrogens (tertiary/aromatic N) is 1. The Bertz CT molecular complexity index is 226. The van der Waals surface area contributed by atoms with E-state index in [-0.39, 0.29) is 0 Å². The van der Waals surface area contributed by atoms with Crippen LogP contribution in [0, 0.1) is 0 Å². The number of halogens is 2. The van der Waals surface area contributed by atoms with Crippen molar-refractivity contribution >= 4 is 45.3 Å². The third-order valence-corrected chi connectivity index (χ3v) is 1.95. The number of rotatable bonds is 0. The van der Waals surface area contributed by atoms with E-state index in [0.29, 0.717) is 5.59 Å². The van der Waals surface area contributed by atoms with E-state index in [1.807, 2.05) is 12.1 Å². The lowest BCUT2D eigenvalue weighted by Gasteiger charge is -1.95. The second-order valence-corrected chi connectivity index (χ2v) is 3.17. The molecule has 0 spiro atoms. The van der Waals surface area contributed by atoms with E-state index in [0.717, 1.165) is 9.08 Å². The van der Waals surface area contributed by atoms with Crippen LogP contribution >= 0.6 is 31.9 Å². The Labute approximate surface area is 71.5 Å². The summed E-state index contributed by atoms with van der Waals surface area (Å²) < 4.78 is 1.58. The number of hydrogen-bond acceptors (Lipinski definition) is 1. The summed E-state index contributed by atoms with van der Waals surface area (Å²) in [6, 6.07) is 3.66. The van der Waals surface area contributed by atoms with Gasteiger partial charge in [0.15, 0.2) is 0 Å². The normalized spacial score (nSPS) is 9.56. The van der Waals surface area contributed by atoms with Crippen molar-refractivity contribution in [3.8, 4) is 0 Å². The zero-order valence-electron chi connectivity index (χ0n) is 4.44. The molecule has 0 bridgehead atoms. The molecule has 0 N–H and O–H groups in total. The van der Waals surface area contributed by atoms with Crippen molar-refractivity contribution in [2.45, 2.75) is 0 Å². The monoisotopic (exact) mass is 245 g/mol. The maximum Gasteiger partial charge on any atom is 0.143 e. The molecule has 4 heteroatoms. The predicted octanol–water partition coefficient (Wildman–Crippen LogP) is 1.40. The summed E-state index contributed by atoms with van der Waals surface area (Å²) in [6.07, 6.45) is 0. The third-order valence-electron chi connectivity index (χ3n) is 0.839. The van der Waals surface area contributed by atoms with Gasteiger partial charge in [0.25, 0.3) is 0 Å². The van der Waals surface area contributed by atoms with E-state index in [9.17, 15) is 0 Å². The van der Waals surface area contributed by atoms with Gasteiger partial charge in [0, 0.05) is 10.1 Å². The lowest BCUT2D eigenvalue weighted by atomic mass is 10.0. The fourth-order valence-corrected chi connectivity index (χ4v) is 0.977. The average molecular weight is 247 g/mol. The highest BCUT2D eigenvalue weighted by Gasteiger charge is 1.93. The van der Waals surface area contributed by atoms with Crippen molar-refractivity contribution in [3.05, 3.63) is 21.2 Å². The summed E-state index contributed by atoms with van der Waals surface area (Å²) in [5, 5.41) is 0.